The molecule has 1 aromatic heterocycles. The highest BCUT2D eigenvalue weighted by Crippen LogP contribution is 2.24. The van der Waals surface area contributed by atoms with Gasteiger partial charge in [-0.2, -0.15) is 5.10 Å². The molecule has 0 N–H and O–H groups in total. The lowest BCUT2D eigenvalue weighted by Gasteiger charge is -2.06. The normalized spacial score (nSPS) is 10.5. The zero-order valence-electron chi connectivity index (χ0n) is 12.9. The van der Waals surface area contributed by atoms with Crippen LogP contribution in [0.1, 0.15) is 32.9 Å². The molecule has 2 rings (SSSR count). The average molecular weight is 303 g/mol. The summed E-state index contributed by atoms with van der Waals surface area (Å²) in [7, 11) is 1.17. The van der Waals surface area contributed by atoms with Crippen LogP contribution < -0.4 is 0 Å². The minimum atomic E-state index is -0.811. The van der Waals surface area contributed by atoms with Gasteiger partial charge in [-0.1, -0.05) is 18.2 Å². The van der Waals surface area contributed by atoms with Gasteiger partial charge in [0.2, 0.25) is 5.69 Å². The summed E-state index contributed by atoms with van der Waals surface area (Å²) in [6, 6.07) is 5.92. The van der Waals surface area contributed by atoms with Crippen molar-refractivity contribution in [2.24, 2.45) is 0 Å². The fourth-order valence-electron chi connectivity index (χ4n) is 2.22. The monoisotopic (exact) mass is 303 g/mol. The second-order valence-electron chi connectivity index (χ2n) is 5.11. The number of hydrogen-bond acceptors (Lipinski definition) is 5. The SMILES string of the molecule is COC(=O)c1nn(Cc2ccc(C)c(C)c2)c(C)c1[N+](=O)[O-]. The number of ether oxygens (including phenoxy) is 1. The maximum atomic E-state index is 11.7. The molecule has 22 heavy (non-hydrogen) atoms. The Bertz CT molecular complexity index is 749. The van der Waals surface area contributed by atoms with E-state index in [2.05, 4.69) is 9.84 Å². The van der Waals surface area contributed by atoms with Crippen molar-refractivity contribution in [1.82, 2.24) is 9.78 Å². The number of aryl methyl sites for hydroxylation is 2. The molecule has 0 unspecified atom stereocenters. The number of aromatic nitrogens is 2. The van der Waals surface area contributed by atoms with Crippen LogP contribution in [0, 0.1) is 30.9 Å². The predicted molar refractivity (Wildman–Crippen MR) is 80.0 cm³/mol. The van der Waals surface area contributed by atoms with E-state index in [0.29, 0.717) is 12.2 Å². The van der Waals surface area contributed by atoms with Crippen molar-refractivity contribution in [2.45, 2.75) is 27.3 Å². The number of benzene rings is 1. The standard InChI is InChI=1S/C15H17N3O4/c1-9-5-6-12(7-10(9)2)8-17-11(3)14(18(20)21)13(16-17)15(19)22-4/h5-7H,8H2,1-4H3. The Hall–Kier alpha value is -2.70. The lowest BCUT2D eigenvalue weighted by atomic mass is 10.1. The van der Waals surface area contributed by atoms with Gasteiger partial charge in [0, 0.05) is 0 Å². The highest BCUT2D eigenvalue weighted by atomic mass is 16.6. The van der Waals surface area contributed by atoms with Gasteiger partial charge in [-0.3, -0.25) is 14.8 Å². The quantitative estimate of drug-likeness (QED) is 0.492. The number of esters is 1. The van der Waals surface area contributed by atoms with E-state index < -0.39 is 10.9 Å². The first kappa shape index (κ1) is 15.7. The van der Waals surface area contributed by atoms with E-state index in [1.54, 1.807) is 6.92 Å². The third-order valence-electron chi connectivity index (χ3n) is 3.64. The number of carbonyl (C=O) groups excluding carboxylic acids is 1. The fraction of sp³-hybridized carbons (Fsp3) is 0.333. The van der Waals surface area contributed by atoms with Gasteiger partial charge < -0.3 is 4.74 Å². The topological polar surface area (TPSA) is 87.3 Å². The molecule has 7 heteroatoms. The minimum Gasteiger partial charge on any atom is -0.464 e. The summed E-state index contributed by atoms with van der Waals surface area (Å²) in [5, 5.41) is 15.2. The summed E-state index contributed by atoms with van der Waals surface area (Å²) in [6.45, 7) is 5.93. The highest BCUT2D eigenvalue weighted by molar-refractivity contribution is 5.92. The fourth-order valence-corrected chi connectivity index (χ4v) is 2.22. The number of nitro groups is 1. The van der Waals surface area contributed by atoms with Crippen LogP contribution in [0.4, 0.5) is 5.69 Å². The smallest absolute Gasteiger partial charge is 0.365 e. The maximum Gasteiger partial charge on any atom is 0.365 e. The van der Waals surface area contributed by atoms with E-state index in [1.807, 2.05) is 32.0 Å². The zero-order valence-corrected chi connectivity index (χ0v) is 12.9. The summed E-state index contributed by atoms with van der Waals surface area (Å²) in [5.74, 6) is -0.811. The number of methoxy groups -OCH3 is 1. The largest absolute Gasteiger partial charge is 0.464 e. The number of hydrogen-bond donors (Lipinski definition) is 0. The van der Waals surface area contributed by atoms with Crippen LogP contribution in [0.25, 0.3) is 0 Å². The summed E-state index contributed by atoms with van der Waals surface area (Å²) in [4.78, 5) is 22.2. The zero-order chi connectivity index (χ0) is 16.4. The van der Waals surface area contributed by atoms with Crippen LogP contribution in [0.3, 0.4) is 0 Å². The van der Waals surface area contributed by atoms with Crippen molar-refractivity contribution in [3.05, 3.63) is 56.4 Å². The Labute approximate surface area is 127 Å². The second-order valence-corrected chi connectivity index (χ2v) is 5.11. The number of rotatable bonds is 4. The molecular weight excluding hydrogens is 286 g/mol. The van der Waals surface area contributed by atoms with Crippen LogP contribution in [0.2, 0.25) is 0 Å². The molecule has 0 fully saturated rings. The molecule has 0 amide bonds. The molecule has 0 saturated carbocycles. The Balaban J connectivity index is 2.45. The van der Waals surface area contributed by atoms with Gasteiger partial charge in [-0.25, -0.2) is 4.79 Å². The summed E-state index contributed by atoms with van der Waals surface area (Å²) in [5.41, 5.74) is 3.00. The molecule has 7 nitrogen and oxygen atoms in total. The number of carbonyl (C=O) groups is 1. The average Bonchev–Trinajstić information content (AvgIpc) is 2.79. The summed E-state index contributed by atoms with van der Waals surface area (Å²) in [6.07, 6.45) is 0. The molecular formula is C15H17N3O4. The summed E-state index contributed by atoms with van der Waals surface area (Å²) >= 11 is 0. The van der Waals surface area contributed by atoms with E-state index >= 15 is 0 Å². The lowest BCUT2D eigenvalue weighted by Crippen LogP contribution is -2.07. The van der Waals surface area contributed by atoms with Crippen molar-refractivity contribution in [3.63, 3.8) is 0 Å². The van der Waals surface area contributed by atoms with Crippen LogP contribution in [-0.4, -0.2) is 27.8 Å². The van der Waals surface area contributed by atoms with Crippen molar-refractivity contribution in [2.75, 3.05) is 7.11 Å². The van der Waals surface area contributed by atoms with E-state index in [0.717, 1.165) is 11.1 Å². The molecule has 0 aliphatic rings. The molecule has 0 spiro atoms. The third kappa shape index (κ3) is 2.83. The molecule has 116 valence electrons. The van der Waals surface area contributed by atoms with Gasteiger partial charge in [0.15, 0.2) is 0 Å². The predicted octanol–water partition coefficient (Wildman–Crippen LogP) is 2.55. The van der Waals surface area contributed by atoms with E-state index in [4.69, 9.17) is 0 Å². The Kier molecular flexibility index (Phi) is 4.25. The maximum absolute atomic E-state index is 11.7. The Morgan fingerprint density at radius 2 is 2.00 bits per heavy atom. The molecule has 1 heterocycles. The van der Waals surface area contributed by atoms with Crippen molar-refractivity contribution >= 4 is 11.7 Å². The van der Waals surface area contributed by atoms with Gasteiger partial charge in [0.25, 0.3) is 0 Å². The van der Waals surface area contributed by atoms with E-state index in [-0.39, 0.29) is 11.4 Å². The first-order valence-electron chi connectivity index (χ1n) is 6.71. The van der Waals surface area contributed by atoms with E-state index in [1.165, 1.54) is 17.4 Å². The summed E-state index contributed by atoms with van der Waals surface area (Å²) < 4.78 is 6.01. The van der Waals surface area contributed by atoms with Gasteiger partial charge in [0.05, 0.1) is 18.6 Å². The Morgan fingerprint density at radius 1 is 1.32 bits per heavy atom. The van der Waals surface area contributed by atoms with Crippen LogP contribution in [0.15, 0.2) is 18.2 Å². The van der Waals surface area contributed by atoms with Crippen molar-refractivity contribution in [1.29, 1.82) is 0 Å². The molecule has 0 atom stereocenters. The Morgan fingerprint density at radius 3 is 2.55 bits per heavy atom. The highest BCUT2D eigenvalue weighted by Gasteiger charge is 2.30. The molecule has 0 saturated heterocycles. The minimum absolute atomic E-state index is 0.270. The second kappa shape index (κ2) is 5.97. The van der Waals surface area contributed by atoms with Gasteiger partial charge in [-0.05, 0) is 37.5 Å². The lowest BCUT2D eigenvalue weighted by molar-refractivity contribution is -0.385. The molecule has 1 aromatic carbocycles. The molecule has 0 bridgehead atoms. The molecule has 2 aromatic rings. The van der Waals surface area contributed by atoms with Crippen LogP contribution in [-0.2, 0) is 11.3 Å². The van der Waals surface area contributed by atoms with Gasteiger partial charge in [-0.15, -0.1) is 0 Å². The molecule has 0 aliphatic heterocycles. The first-order chi connectivity index (χ1) is 10.3. The van der Waals surface area contributed by atoms with Crippen molar-refractivity contribution < 1.29 is 14.5 Å². The third-order valence-corrected chi connectivity index (χ3v) is 3.64. The van der Waals surface area contributed by atoms with Crippen LogP contribution >= 0.6 is 0 Å². The van der Waals surface area contributed by atoms with Crippen molar-refractivity contribution in [3.8, 4) is 0 Å². The molecule has 0 aliphatic carbocycles. The van der Waals surface area contributed by atoms with Gasteiger partial charge in [0.1, 0.15) is 5.69 Å². The number of nitrogens with zero attached hydrogens (tertiary/aromatic N) is 3. The van der Waals surface area contributed by atoms with Gasteiger partial charge >= 0.3 is 11.7 Å². The van der Waals surface area contributed by atoms with Crippen LogP contribution in [0.5, 0.6) is 0 Å². The molecule has 0 radical (unpaired) electrons. The van der Waals surface area contributed by atoms with E-state index in [9.17, 15) is 14.9 Å². The first-order valence-corrected chi connectivity index (χ1v) is 6.71.